The van der Waals surface area contributed by atoms with Gasteiger partial charge in [0.05, 0.1) is 14.1 Å². The van der Waals surface area contributed by atoms with E-state index in [0.29, 0.717) is 0 Å². The largest absolute Gasteiger partial charge is 0.516 e. The van der Waals surface area contributed by atoms with Crippen molar-refractivity contribution in [3.8, 4) is 0 Å². The standard InChI is InChI=1S/C15H25NO4/c1-12(2)7-6-8-13(3)9-10-20-15(19)16(4,5)11-14(17)18/h7,9H,6,8,10-11H2,1-5H3/p+1. The second-order valence-electron chi connectivity index (χ2n) is 5.68. The zero-order chi connectivity index (χ0) is 15.8. The van der Waals surface area contributed by atoms with E-state index < -0.39 is 12.1 Å². The van der Waals surface area contributed by atoms with Crippen molar-refractivity contribution < 1.29 is 23.9 Å². The normalized spacial score (nSPS) is 11.9. The smallest absolute Gasteiger partial charge is 0.477 e. The van der Waals surface area contributed by atoms with Gasteiger partial charge in [-0.05, 0) is 39.7 Å². The second kappa shape index (κ2) is 8.53. The summed E-state index contributed by atoms with van der Waals surface area (Å²) in [6.07, 6.45) is 5.38. The highest BCUT2D eigenvalue weighted by molar-refractivity contribution is 5.71. The van der Waals surface area contributed by atoms with Crippen molar-refractivity contribution in [2.45, 2.75) is 33.6 Å². The number of hydrogen-bond donors (Lipinski definition) is 1. The van der Waals surface area contributed by atoms with E-state index in [4.69, 9.17) is 9.84 Å². The molecule has 0 aromatic rings. The van der Waals surface area contributed by atoms with E-state index in [9.17, 15) is 9.59 Å². The van der Waals surface area contributed by atoms with E-state index in [2.05, 4.69) is 19.9 Å². The van der Waals surface area contributed by atoms with Gasteiger partial charge in [0.25, 0.3) is 0 Å². The lowest BCUT2D eigenvalue weighted by molar-refractivity contribution is -0.809. The summed E-state index contributed by atoms with van der Waals surface area (Å²) in [5.41, 5.74) is 2.44. The van der Waals surface area contributed by atoms with E-state index in [1.807, 2.05) is 13.0 Å². The Kier molecular flexibility index (Phi) is 7.84. The van der Waals surface area contributed by atoms with E-state index in [-0.39, 0.29) is 17.6 Å². The third-order valence-electron chi connectivity index (χ3n) is 2.75. The second-order valence-corrected chi connectivity index (χ2v) is 5.68. The number of aliphatic carboxylic acids is 1. The zero-order valence-electron chi connectivity index (χ0n) is 13.1. The van der Waals surface area contributed by atoms with Crippen molar-refractivity contribution in [1.82, 2.24) is 0 Å². The first-order valence-electron chi connectivity index (χ1n) is 6.66. The van der Waals surface area contributed by atoms with Gasteiger partial charge in [0.2, 0.25) is 0 Å². The molecule has 0 heterocycles. The number of allylic oxidation sites excluding steroid dienone is 3. The quantitative estimate of drug-likeness (QED) is 0.576. The van der Waals surface area contributed by atoms with E-state index in [1.54, 1.807) is 0 Å². The summed E-state index contributed by atoms with van der Waals surface area (Å²) in [6.45, 7) is 6.00. The molecule has 5 heteroatoms. The van der Waals surface area contributed by atoms with E-state index in [0.717, 1.165) is 18.4 Å². The molecule has 0 bridgehead atoms. The first kappa shape index (κ1) is 18.4. The average molecular weight is 284 g/mol. The molecule has 0 saturated carbocycles. The molecule has 0 aliphatic rings. The number of carbonyl (C=O) groups excluding carboxylic acids is 1. The molecule has 0 radical (unpaired) electrons. The Bertz CT molecular complexity index is 404. The van der Waals surface area contributed by atoms with Crippen molar-refractivity contribution in [2.75, 3.05) is 27.2 Å². The summed E-state index contributed by atoms with van der Waals surface area (Å²) in [7, 11) is 3.03. The molecule has 114 valence electrons. The summed E-state index contributed by atoms with van der Waals surface area (Å²) in [5, 5.41) is 8.71. The highest BCUT2D eigenvalue weighted by Gasteiger charge is 2.31. The fraction of sp³-hybridized carbons (Fsp3) is 0.600. The van der Waals surface area contributed by atoms with Gasteiger partial charge in [0.15, 0.2) is 6.54 Å². The minimum absolute atomic E-state index is 0.181. The van der Waals surface area contributed by atoms with E-state index in [1.165, 1.54) is 19.7 Å². The molecule has 0 saturated heterocycles. The third kappa shape index (κ3) is 8.48. The lowest BCUT2D eigenvalue weighted by atomic mass is 10.1. The van der Waals surface area contributed by atoms with Crippen LogP contribution in [0.5, 0.6) is 0 Å². The summed E-state index contributed by atoms with van der Waals surface area (Å²) in [6, 6.07) is 0. The summed E-state index contributed by atoms with van der Waals surface area (Å²) in [4.78, 5) is 22.4. The van der Waals surface area contributed by atoms with Crippen LogP contribution in [-0.2, 0) is 9.53 Å². The fourth-order valence-electron chi connectivity index (χ4n) is 1.52. The lowest BCUT2D eigenvalue weighted by Crippen LogP contribution is -2.49. The summed E-state index contributed by atoms with van der Waals surface area (Å²) >= 11 is 0. The number of rotatable bonds is 7. The van der Waals surface area contributed by atoms with Gasteiger partial charge in [-0.1, -0.05) is 17.2 Å². The monoisotopic (exact) mass is 284 g/mol. The Morgan fingerprint density at radius 3 is 2.25 bits per heavy atom. The van der Waals surface area contributed by atoms with Crippen LogP contribution in [-0.4, -0.2) is 48.9 Å². The van der Waals surface area contributed by atoms with E-state index >= 15 is 0 Å². The topological polar surface area (TPSA) is 63.6 Å². The molecule has 5 nitrogen and oxygen atoms in total. The number of nitrogens with zero attached hydrogens (tertiary/aromatic N) is 1. The maximum Gasteiger partial charge on any atom is 0.516 e. The van der Waals surface area contributed by atoms with Gasteiger partial charge in [-0.15, -0.1) is 0 Å². The highest BCUT2D eigenvalue weighted by Crippen LogP contribution is 2.07. The van der Waals surface area contributed by atoms with Gasteiger partial charge < -0.3 is 9.84 Å². The molecule has 1 N–H and O–H groups in total. The van der Waals surface area contributed by atoms with Crippen molar-refractivity contribution in [1.29, 1.82) is 0 Å². The van der Waals surface area contributed by atoms with Crippen LogP contribution in [0.25, 0.3) is 0 Å². The minimum atomic E-state index is -1.03. The molecule has 0 aliphatic heterocycles. The number of carboxylic acids is 1. The molecule has 20 heavy (non-hydrogen) atoms. The maximum absolute atomic E-state index is 11.7. The first-order valence-corrected chi connectivity index (χ1v) is 6.66. The molecule has 0 aromatic heterocycles. The third-order valence-corrected chi connectivity index (χ3v) is 2.75. The van der Waals surface area contributed by atoms with Gasteiger partial charge in [-0.2, -0.15) is 4.79 Å². The van der Waals surface area contributed by atoms with Crippen LogP contribution < -0.4 is 0 Å². The number of carboxylic acid groups (broad SMARTS) is 1. The van der Waals surface area contributed by atoms with Crippen molar-refractivity contribution in [3.05, 3.63) is 23.3 Å². The number of quaternary nitrogens is 1. The number of hydrogen-bond acceptors (Lipinski definition) is 3. The molecule has 0 fully saturated rings. The predicted molar refractivity (Wildman–Crippen MR) is 78.4 cm³/mol. The van der Waals surface area contributed by atoms with Crippen LogP contribution in [0.1, 0.15) is 33.6 Å². The molecule has 0 spiro atoms. The van der Waals surface area contributed by atoms with Crippen molar-refractivity contribution in [3.63, 3.8) is 0 Å². The predicted octanol–water partition coefficient (Wildman–Crippen LogP) is 2.98. The van der Waals surface area contributed by atoms with Crippen LogP contribution in [0.2, 0.25) is 0 Å². The van der Waals surface area contributed by atoms with Crippen LogP contribution >= 0.6 is 0 Å². The number of ether oxygens (including phenoxy) is 1. The summed E-state index contributed by atoms with van der Waals surface area (Å²) < 4.78 is 4.76. The molecule has 0 aliphatic carbocycles. The molecular weight excluding hydrogens is 258 g/mol. The minimum Gasteiger partial charge on any atom is -0.477 e. The fourth-order valence-corrected chi connectivity index (χ4v) is 1.52. The first-order chi connectivity index (χ1) is 9.15. The Morgan fingerprint density at radius 1 is 1.15 bits per heavy atom. The molecule has 0 atom stereocenters. The van der Waals surface area contributed by atoms with Crippen LogP contribution in [0, 0.1) is 0 Å². The molecular formula is C15H26NO4+. The maximum atomic E-state index is 11.7. The molecule has 0 unspecified atom stereocenters. The van der Waals surface area contributed by atoms with Crippen LogP contribution in [0.4, 0.5) is 4.79 Å². The van der Waals surface area contributed by atoms with Crippen molar-refractivity contribution in [2.24, 2.45) is 0 Å². The number of carbonyl (C=O) groups is 2. The van der Waals surface area contributed by atoms with Crippen LogP contribution in [0.3, 0.4) is 0 Å². The summed E-state index contributed by atoms with van der Waals surface area (Å²) in [5.74, 6) is -1.03. The molecule has 1 amide bonds. The Morgan fingerprint density at radius 2 is 1.75 bits per heavy atom. The Hall–Kier alpha value is -1.62. The van der Waals surface area contributed by atoms with Gasteiger partial charge in [0.1, 0.15) is 6.61 Å². The lowest BCUT2D eigenvalue weighted by Gasteiger charge is -2.22. The van der Waals surface area contributed by atoms with Gasteiger partial charge in [-0.3, -0.25) is 0 Å². The number of amides is 1. The Balaban J connectivity index is 4.18. The van der Waals surface area contributed by atoms with Crippen molar-refractivity contribution >= 4 is 12.1 Å². The molecule has 0 aromatic carbocycles. The zero-order valence-corrected chi connectivity index (χ0v) is 13.1. The SMILES string of the molecule is CC(C)=CCCC(C)=CCOC(=O)[N+](C)(C)CC(=O)O. The highest BCUT2D eigenvalue weighted by atomic mass is 16.6. The molecule has 0 rings (SSSR count). The average Bonchev–Trinajstić information content (AvgIpc) is 2.26. The van der Waals surface area contributed by atoms with Crippen LogP contribution in [0.15, 0.2) is 23.3 Å². The number of likely N-dealkylation sites (N-methyl/N-ethyl adjacent to an activating group) is 1. The van der Waals surface area contributed by atoms with Gasteiger partial charge >= 0.3 is 12.1 Å². The Labute approximate surface area is 121 Å². The van der Waals surface area contributed by atoms with Gasteiger partial charge in [0, 0.05) is 0 Å². The van der Waals surface area contributed by atoms with Gasteiger partial charge in [-0.25, -0.2) is 9.28 Å².